The van der Waals surface area contributed by atoms with Crippen LogP contribution < -0.4 is 4.57 Å². The molecule has 1 heterocycles. The number of benzene rings is 1. The van der Waals surface area contributed by atoms with Gasteiger partial charge in [0, 0.05) is 5.56 Å². The molecule has 0 spiro atoms. The Morgan fingerprint density at radius 3 is 2.41 bits per heavy atom. The minimum Gasteiger partial charge on any atom is -0.239 e. The summed E-state index contributed by atoms with van der Waals surface area (Å²) in [5.74, 6) is 0. The summed E-state index contributed by atoms with van der Waals surface area (Å²) in [5, 5.41) is 0. The summed E-state index contributed by atoms with van der Waals surface area (Å²) in [4.78, 5) is 0. The molecule has 0 bridgehead atoms. The first-order valence-electron chi connectivity index (χ1n) is 5.86. The lowest BCUT2D eigenvalue weighted by Gasteiger charge is -2.09. The number of aryl methyl sites for hydroxylation is 2. The molecule has 1 aromatic carbocycles. The highest BCUT2D eigenvalue weighted by molar-refractivity contribution is 5.70. The van der Waals surface area contributed by atoms with Crippen molar-refractivity contribution < 1.29 is 4.57 Å². The van der Waals surface area contributed by atoms with Crippen LogP contribution in [0.15, 0.2) is 48.6 Å². The van der Waals surface area contributed by atoms with E-state index < -0.39 is 0 Å². The fourth-order valence-electron chi connectivity index (χ4n) is 2.09. The van der Waals surface area contributed by atoms with Crippen LogP contribution in [0.5, 0.6) is 0 Å². The van der Waals surface area contributed by atoms with Crippen LogP contribution in [0.4, 0.5) is 0 Å². The summed E-state index contributed by atoms with van der Waals surface area (Å²) in [6.45, 7) is 6.46. The van der Waals surface area contributed by atoms with Crippen molar-refractivity contribution in [2.75, 3.05) is 0 Å². The number of hydrogen-bond donors (Lipinski definition) is 0. The highest BCUT2D eigenvalue weighted by atomic mass is 15.1. The van der Waals surface area contributed by atoms with Crippen molar-refractivity contribution in [1.82, 2.24) is 4.57 Å². The number of rotatable bonds is 2. The Kier molecular flexibility index (Phi) is 3.14. The van der Waals surface area contributed by atoms with Gasteiger partial charge >= 0.3 is 0 Å². The molecule has 0 atom stereocenters. The molecule has 0 aliphatic heterocycles. The van der Waals surface area contributed by atoms with Crippen LogP contribution in [0.25, 0.3) is 5.70 Å². The van der Waals surface area contributed by atoms with E-state index in [4.69, 9.17) is 0 Å². The van der Waals surface area contributed by atoms with E-state index in [1.165, 1.54) is 22.4 Å². The first kappa shape index (κ1) is 11.6. The van der Waals surface area contributed by atoms with Gasteiger partial charge in [0.2, 0.25) is 6.33 Å². The van der Waals surface area contributed by atoms with Crippen molar-refractivity contribution in [2.45, 2.75) is 20.8 Å². The van der Waals surface area contributed by atoms with Crippen LogP contribution in [-0.4, -0.2) is 4.57 Å². The van der Waals surface area contributed by atoms with E-state index >= 15 is 0 Å². The predicted molar refractivity (Wildman–Crippen MR) is 70.5 cm³/mol. The zero-order valence-corrected chi connectivity index (χ0v) is 10.9. The molecule has 0 amide bonds. The number of hydrogen-bond acceptors (Lipinski definition) is 0. The van der Waals surface area contributed by atoms with Crippen molar-refractivity contribution in [3.8, 4) is 0 Å². The molecule has 2 nitrogen and oxygen atoms in total. The van der Waals surface area contributed by atoms with Crippen molar-refractivity contribution in [2.24, 2.45) is 7.05 Å². The van der Waals surface area contributed by atoms with Crippen LogP contribution >= 0.6 is 0 Å². The Morgan fingerprint density at radius 2 is 1.88 bits per heavy atom. The van der Waals surface area contributed by atoms with E-state index in [9.17, 15) is 0 Å². The Bertz CT molecular complexity index is 558. The monoisotopic (exact) mass is 227 g/mol. The molecule has 0 fully saturated rings. The molecule has 0 saturated carbocycles. The van der Waals surface area contributed by atoms with Gasteiger partial charge in [-0.1, -0.05) is 24.3 Å². The topological polar surface area (TPSA) is 8.81 Å². The van der Waals surface area contributed by atoms with E-state index in [2.05, 4.69) is 72.9 Å². The van der Waals surface area contributed by atoms with E-state index in [1.807, 2.05) is 7.05 Å². The molecule has 2 aromatic rings. The Balaban J connectivity index is 2.60. The van der Waals surface area contributed by atoms with Crippen molar-refractivity contribution in [1.29, 1.82) is 0 Å². The third-order valence-corrected chi connectivity index (χ3v) is 2.90. The standard InChI is InChI=1S/C15H19N2/c1-12(2)15(17-10-9-16(4)11-17)14-8-6-5-7-13(14)3/h5-11H,1-4H3/q+1. The van der Waals surface area contributed by atoms with Crippen molar-refractivity contribution in [3.05, 3.63) is 59.7 Å². The SMILES string of the molecule is CC(C)=C(c1ccccc1C)n1cc[n+](C)c1. The molecule has 17 heavy (non-hydrogen) atoms. The van der Waals surface area contributed by atoms with Gasteiger partial charge in [0.05, 0.1) is 7.05 Å². The zero-order chi connectivity index (χ0) is 12.4. The van der Waals surface area contributed by atoms with Gasteiger partial charge in [-0.2, -0.15) is 0 Å². The van der Waals surface area contributed by atoms with Crippen LogP contribution in [0.1, 0.15) is 25.0 Å². The number of imidazole rings is 1. The largest absolute Gasteiger partial charge is 0.248 e. The highest BCUT2D eigenvalue weighted by Gasteiger charge is 2.14. The van der Waals surface area contributed by atoms with E-state index in [0.29, 0.717) is 0 Å². The van der Waals surface area contributed by atoms with Crippen molar-refractivity contribution in [3.63, 3.8) is 0 Å². The maximum absolute atomic E-state index is 2.18. The molecular formula is C15H19N2+. The molecule has 0 unspecified atom stereocenters. The second kappa shape index (κ2) is 4.58. The van der Waals surface area contributed by atoms with Gasteiger partial charge in [-0.25, -0.2) is 9.13 Å². The van der Waals surface area contributed by atoms with Gasteiger partial charge in [-0.3, -0.25) is 0 Å². The van der Waals surface area contributed by atoms with Gasteiger partial charge < -0.3 is 0 Å². The van der Waals surface area contributed by atoms with E-state index in [0.717, 1.165) is 0 Å². The second-order valence-electron chi connectivity index (χ2n) is 4.65. The minimum atomic E-state index is 1.27. The summed E-state index contributed by atoms with van der Waals surface area (Å²) < 4.78 is 4.23. The Hall–Kier alpha value is -1.83. The molecular weight excluding hydrogens is 208 g/mol. The molecule has 88 valence electrons. The van der Waals surface area contributed by atoms with Crippen molar-refractivity contribution >= 4 is 5.70 Å². The average Bonchev–Trinajstić information content (AvgIpc) is 2.68. The van der Waals surface area contributed by atoms with Crippen LogP contribution in [-0.2, 0) is 7.05 Å². The summed E-state index contributed by atoms with van der Waals surface area (Å²) in [7, 11) is 2.04. The third-order valence-electron chi connectivity index (χ3n) is 2.90. The molecule has 0 radical (unpaired) electrons. The quantitative estimate of drug-likeness (QED) is 0.698. The molecule has 0 aliphatic carbocycles. The Morgan fingerprint density at radius 1 is 1.18 bits per heavy atom. The predicted octanol–water partition coefficient (Wildman–Crippen LogP) is 2.92. The molecule has 2 rings (SSSR count). The summed E-state index contributed by atoms with van der Waals surface area (Å²) in [6, 6.07) is 8.51. The normalized spacial score (nSPS) is 10.4. The molecule has 2 heteroatoms. The lowest BCUT2D eigenvalue weighted by molar-refractivity contribution is -0.670. The van der Waals surface area contributed by atoms with Gasteiger partial charge in [0.1, 0.15) is 18.1 Å². The van der Waals surface area contributed by atoms with Gasteiger partial charge in [-0.15, -0.1) is 0 Å². The minimum absolute atomic E-state index is 1.27. The fraction of sp³-hybridized carbons (Fsp3) is 0.267. The van der Waals surface area contributed by atoms with Crippen LogP contribution in [0.2, 0.25) is 0 Å². The maximum atomic E-state index is 2.18. The highest BCUT2D eigenvalue weighted by Crippen LogP contribution is 2.23. The first-order chi connectivity index (χ1) is 8.09. The lowest BCUT2D eigenvalue weighted by atomic mass is 10.0. The number of nitrogens with zero attached hydrogens (tertiary/aromatic N) is 2. The van der Waals surface area contributed by atoms with Crippen LogP contribution in [0.3, 0.4) is 0 Å². The lowest BCUT2D eigenvalue weighted by Crippen LogP contribution is -2.23. The third kappa shape index (κ3) is 2.31. The summed E-state index contributed by atoms with van der Waals surface area (Å²) in [5.41, 5.74) is 5.18. The van der Waals surface area contributed by atoms with E-state index in [-0.39, 0.29) is 0 Å². The molecule has 0 saturated heterocycles. The Labute approximate surface area is 103 Å². The van der Waals surface area contributed by atoms with Crippen LogP contribution in [0, 0.1) is 6.92 Å². The molecule has 0 aliphatic rings. The summed E-state index contributed by atoms with van der Waals surface area (Å²) >= 11 is 0. The van der Waals surface area contributed by atoms with E-state index in [1.54, 1.807) is 0 Å². The average molecular weight is 227 g/mol. The fourth-order valence-corrected chi connectivity index (χ4v) is 2.09. The van der Waals surface area contributed by atoms with Gasteiger partial charge in [0.15, 0.2) is 0 Å². The molecule has 1 aromatic heterocycles. The molecule has 0 N–H and O–H groups in total. The number of allylic oxidation sites excluding steroid dienone is 1. The zero-order valence-electron chi connectivity index (χ0n) is 10.9. The number of aromatic nitrogens is 2. The van der Waals surface area contributed by atoms with Gasteiger partial charge in [-0.05, 0) is 31.9 Å². The first-order valence-corrected chi connectivity index (χ1v) is 5.86. The maximum Gasteiger partial charge on any atom is 0.248 e. The second-order valence-corrected chi connectivity index (χ2v) is 4.65. The van der Waals surface area contributed by atoms with Gasteiger partial charge in [0.25, 0.3) is 0 Å². The summed E-state index contributed by atoms with van der Waals surface area (Å²) in [6.07, 6.45) is 6.24. The smallest absolute Gasteiger partial charge is 0.239 e.